The Balaban J connectivity index is 1.60. The lowest BCUT2D eigenvalue weighted by atomic mass is 10.2. The molecule has 3 aromatic rings. The van der Waals surface area contributed by atoms with Gasteiger partial charge < -0.3 is 9.42 Å². The Morgan fingerprint density at radius 1 is 1.21 bits per heavy atom. The van der Waals surface area contributed by atoms with Crippen LogP contribution in [0.2, 0.25) is 0 Å². The first-order chi connectivity index (χ1) is 13.9. The summed E-state index contributed by atoms with van der Waals surface area (Å²) >= 11 is 1.29. The van der Waals surface area contributed by atoms with Gasteiger partial charge in [-0.05, 0) is 31.7 Å². The Hall–Kier alpha value is -2.14. The topological polar surface area (TPSA) is 79.5 Å². The van der Waals surface area contributed by atoms with Gasteiger partial charge in [0.05, 0.1) is 9.77 Å². The molecular formula is C19H21FN4O3S2. The van der Waals surface area contributed by atoms with Crippen molar-refractivity contribution >= 4 is 21.4 Å². The van der Waals surface area contributed by atoms with Crippen LogP contribution in [0.25, 0.3) is 22.2 Å². The van der Waals surface area contributed by atoms with Crippen LogP contribution in [0.3, 0.4) is 0 Å². The minimum atomic E-state index is -3.58. The first-order valence-electron chi connectivity index (χ1n) is 9.31. The van der Waals surface area contributed by atoms with E-state index in [-0.39, 0.29) is 16.6 Å². The van der Waals surface area contributed by atoms with E-state index in [4.69, 9.17) is 4.52 Å². The summed E-state index contributed by atoms with van der Waals surface area (Å²) in [6, 6.07) is 7.50. The van der Waals surface area contributed by atoms with Gasteiger partial charge in [-0.3, -0.25) is 0 Å². The molecule has 4 rings (SSSR count). The maximum Gasteiger partial charge on any atom is 0.268 e. The number of halogens is 1. The zero-order valence-electron chi connectivity index (χ0n) is 16.1. The molecule has 29 heavy (non-hydrogen) atoms. The number of sulfonamides is 1. The van der Waals surface area contributed by atoms with Crippen LogP contribution in [0.5, 0.6) is 0 Å². The van der Waals surface area contributed by atoms with Crippen molar-refractivity contribution in [3.05, 3.63) is 41.0 Å². The second-order valence-electron chi connectivity index (χ2n) is 6.80. The summed E-state index contributed by atoms with van der Waals surface area (Å²) in [6.07, 6.45) is 0. The first kappa shape index (κ1) is 20.1. The summed E-state index contributed by atoms with van der Waals surface area (Å²) in [6.45, 7) is 7.17. The second kappa shape index (κ2) is 7.94. The minimum Gasteiger partial charge on any atom is -0.333 e. The van der Waals surface area contributed by atoms with Crippen molar-refractivity contribution in [2.45, 2.75) is 18.7 Å². The molecule has 0 aliphatic carbocycles. The van der Waals surface area contributed by atoms with Crippen molar-refractivity contribution in [3.8, 4) is 22.2 Å². The first-order valence-corrected chi connectivity index (χ1v) is 11.6. The van der Waals surface area contributed by atoms with Gasteiger partial charge in [-0.15, -0.1) is 11.3 Å². The highest BCUT2D eigenvalue weighted by molar-refractivity contribution is 7.89. The maximum absolute atomic E-state index is 13.4. The molecular weight excluding hydrogens is 415 g/mol. The molecule has 0 N–H and O–H groups in total. The quantitative estimate of drug-likeness (QED) is 0.611. The fraction of sp³-hybridized carbons (Fsp3) is 0.368. The molecule has 0 spiro atoms. The molecule has 0 atom stereocenters. The van der Waals surface area contributed by atoms with Crippen molar-refractivity contribution in [3.63, 3.8) is 0 Å². The zero-order valence-corrected chi connectivity index (χ0v) is 17.8. The minimum absolute atomic E-state index is 0.217. The van der Waals surface area contributed by atoms with Gasteiger partial charge in [0.15, 0.2) is 0 Å². The zero-order chi connectivity index (χ0) is 20.6. The second-order valence-corrected chi connectivity index (χ2v) is 9.97. The SMILES string of the molecule is CCN1CCN(S(=O)(=O)c2cc(-c3nc(-c4cccc(F)c4)no3)sc2C)CC1. The number of hydrogen-bond acceptors (Lipinski definition) is 7. The summed E-state index contributed by atoms with van der Waals surface area (Å²) in [5.41, 5.74) is 0.495. The monoisotopic (exact) mass is 436 g/mol. The van der Waals surface area contributed by atoms with E-state index in [9.17, 15) is 12.8 Å². The number of piperazine rings is 1. The van der Waals surface area contributed by atoms with Crippen LogP contribution in [-0.4, -0.2) is 60.5 Å². The number of thiophene rings is 1. The van der Waals surface area contributed by atoms with Crippen molar-refractivity contribution in [1.29, 1.82) is 0 Å². The van der Waals surface area contributed by atoms with E-state index in [1.807, 2.05) is 0 Å². The number of aromatic nitrogens is 2. The predicted molar refractivity (Wildman–Crippen MR) is 109 cm³/mol. The lowest BCUT2D eigenvalue weighted by Gasteiger charge is -2.33. The van der Waals surface area contributed by atoms with Crippen LogP contribution < -0.4 is 0 Å². The summed E-state index contributed by atoms with van der Waals surface area (Å²) in [7, 11) is -3.58. The molecule has 0 saturated carbocycles. The number of rotatable bonds is 5. The van der Waals surface area contributed by atoms with Gasteiger partial charge in [-0.25, -0.2) is 12.8 Å². The largest absolute Gasteiger partial charge is 0.333 e. The average Bonchev–Trinajstić information content (AvgIpc) is 3.35. The smallest absolute Gasteiger partial charge is 0.268 e. The van der Waals surface area contributed by atoms with Gasteiger partial charge >= 0.3 is 0 Å². The van der Waals surface area contributed by atoms with E-state index >= 15 is 0 Å². The molecule has 0 radical (unpaired) electrons. The predicted octanol–water partition coefficient (Wildman–Crippen LogP) is 3.24. The molecule has 2 aromatic heterocycles. The Labute approximate surface area is 172 Å². The molecule has 1 aromatic carbocycles. The molecule has 10 heteroatoms. The van der Waals surface area contributed by atoms with Gasteiger partial charge in [-0.2, -0.15) is 9.29 Å². The van der Waals surface area contributed by atoms with Crippen LogP contribution in [0, 0.1) is 12.7 Å². The third-order valence-corrected chi connectivity index (χ3v) is 8.18. The fourth-order valence-electron chi connectivity index (χ4n) is 3.32. The molecule has 0 unspecified atom stereocenters. The number of benzene rings is 1. The molecule has 1 saturated heterocycles. The van der Waals surface area contributed by atoms with E-state index in [0.717, 1.165) is 19.6 Å². The third kappa shape index (κ3) is 3.97. The van der Waals surface area contributed by atoms with E-state index in [1.165, 1.54) is 27.8 Å². The molecule has 1 aliphatic rings. The van der Waals surface area contributed by atoms with Gasteiger partial charge in [-0.1, -0.05) is 24.2 Å². The Morgan fingerprint density at radius 2 is 1.97 bits per heavy atom. The van der Waals surface area contributed by atoms with Crippen molar-refractivity contribution in [2.75, 3.05) is 32.7 Å². The number of likely N-dealkylation sites (N-methyl/N-ethyl adjacent to an activating group) is 1. The van der Waals surface area contributed by atoms with Crippen LogP contribution in [-0.2, 0) is 10.0 Å². The highest BCUT2D eigenvalue weighted by Crippen LogP contribution is 2.35. The van der Waals surface area contributed by atoms with Crippen LogP contribution in [0.4, 0.5) is 4.39 Å². The highest BCUT2D eigenvalue weighted by atomic mass is 32.2. The highest BCUT2D eigenvalue weighted by Gasteiger charge is 2.31. The van der Waals surface area contributed by atoms with E-state index < -0.39 is 15.8 Å². The van der Waals surface area contributed by atoms with Gasteiger partial charge in [0.2, 0.25) is 15.8 Å². The molecule has 154 valence electrons. The lowest BCUT2D eigenvalue weighted by Crippen LogP contribution is -2.48. The van der Waals surface area contributed by atoms with Crippen molar-refractivity contribution in [1.82, 2.24) is 19.3 Å². The third-order valence-electron chi connectivity index (χ3n) is 4.99. The summed E-state index contributed by atoms with van der Waals surface area (Å²) in [5.74, 6) is 0.0811. The summed E-state index contributed by atoms with van der Waals surface area (Å²) in [5, 5.41) is 3.90. The van der Waals surface area contributed by atoms with Crippen LogP contribution >= 0.6 is 11.3 Å². The normalized spacial score (nSPS) is 16.4. The average molecular weight is 437 g/mol. The molecule has 0 bridgehead atoms. The number of nitrogens with zero attached hydrogens (tertiary/aromatic N) is 4. The van der Waals surface area contributed by atoms with Gasteiger partial charge in [0.25, 0.3) is 5.89 Å². The van der Waals surface area contributed by atoms with Gasteiger partial charge in [0, 0.05) is 36.6 Å². The number of hydrogen-bond donors (Lipinski definition) is 0. The van der Waals surface area contributed by atoms with E-state index in [2.05, 4.69) is 22.0 Å². The number of aryl methyl sites for hydroxylation is 1. The van der Waals surface area contributed by atoms with Crippen molar-refractivity contribution in [2.24, 2.45) is 0 Å². The molecule has 3 heterocycles. The van der Waals surface area contributed by atoms with Crippen LogP contribution in [0.15, 0.2) is 39.8 Å². The Morgan fingerprint density at radius 3 is 2.66 bits per heavy atom. The fourth-order valence-corrected chi connectivity index (χ4v) is 6.22. The molecule has 0 amide bonds. The Kier molecular flexibility index (Phi) is 5.52. The standard InChI is InChI=1S/C19H21FN4O3S2/c1-3-23-7-9-24(10-8-23)29(25,26)17-12-16(28-13(17)2)19-21-18(22-27-19)14-5-4-6-15(20)11-14/h4-6,11-12H,3,7-10H2,1-2H3. The van der Waals surface area contributed by atoms with E-state index in [0.29, 0.717) is 28.4 Å². The van der Waals surface area contributed by atoms with Crippen molar-refractivity contribution < 1.29 is 17.3 Å². The molecule has 7 nitrogen and oxygen atoms in total. The summed E-state index contributed by atoms with van der Waals surface area (Å²) < 4.78 is 46.5. The Bertz CT molecular complexity index is 1120. The summed E-state index contributed by atoms with van der Waals surface area (Å²) in [4.78, 5) is 8.05. The maximum atomic E-state index is 13.4. The molecule has 1 fully saturated rings. The molecule has 1 aliphatic heterocycles. The van der Waals surface area contributed by atoms with Gasteiger partial charge in [0.1, 0.15) is 5.82 Å². The van der Waals surface area contributed by atoms with Crippen LogP contribution in [0.1, 0.15) is 11.8 Å². The van der Waals surface area contributed by atoms with E-state index in [1.54, 1.807) is 25.1 Å². The lowest BCUT2D eigenvalue weighted by molar-refractivity contribution is 0.196.